The van der Waals surface area contributed by atoms with Crippen LogP contribution in [0.2, 0.25) is 0 Å². The van der Waals surface area contributed by atoms with Gasteiger partial charge < -0.3 is 25.8 Å². The van der Waals surface area contributed by atoms with Gasteiger partial charge in [-0.05, 0) is 24.1 Å². The molecule has 0 bridgehead atoms. The van der Waals surface area contributed by atoms with Gasteiger partial charge in [0, 0.05) is 5.75 Å². The van der Waals surface area contributed by atoms with Crippen molar-refractivity contribution in [3.05, 3.63) is 17.7 Å². The molecule has 1 unspecified atom stereocenters. The zero-order valence-electron chi connectivity index (χ0n) is 9.54. The number of thiol groups is 1. The number of ether oxygens (including phenoxy) is 1. The first-order valence-electron chi connectivity index (χ1n) is 5.22. The van der Waals surface area contributed by atoms with Gasteiger partial charge in [-0.25, -0.2) is 0 Å². The number of phenolic OH excluding ortho intramolecular Hbond substituents is 2. The highest BCUT2D eigenvalue weighted by Crippen LogP contribution is 2.37. The molecule has 0 heterocycles. The third-order valence-electron chi connectivity index (χ3n) is 2.22. The number of carboxylic acid groups (broad SMARTS) is 1. The van der Waals surface area contributed by atoms with Crippen molar-refractivity contribution in [1.29, 1.82) is 0 Å². The molecule has 1 aromatic carbocycles. The monoisotopic (exact) mass is 273 g/mol. The Balaban J connectivity index is 2.88. The third-order valence-corrected chi connectivity index (χ3v) is 2.40. The number of nitrogens with two attached hydrogens (primary N) is 1. The lowest BCUT2D eigenvalue weighted by Gasteiger charge is -2.12. The van der Waals surface area contributed by atoms with Gasteiger partial charge in [0.25, 0.3) is 0 Å². The maximum Gasteiger partial charge on any atom is 0.320 e. The van der Waals surface area contributed by atoms with E-state index in [4.69, 9.17) is 15.6 Å². The summed E-state index contributed by atoms with van der Waals surface area (Å²) < 4.78 is 5.10. The van der Waals surface area contributed by atoms with Crippen molar-refractivity contribution in [1.82, 2.24) is 0 Å². The van der Waals surface area contributed by atoms with E-state index in [1.54, 1.807) is 0 Å². The number of hydrogen-bond acceptors (Lipinski definition) is 6. The molecular weight excluding hydrogens is 258 g/mol. The van der Waals surface area contributed by atoms with Crippen LogP contribution in [0.4, 0.5) is 0 Å². The van der Waals surface area contributed by atoms with E-state index in [0.29, 0.717) is 11.3 Å². The lowest BCUT2D eigenvalue weighted by molar-refractivity contribution is -0.138. The van der Waals surface area contributed by atoms with E-state index in [1.165, 1.54) is 12.1 Å². The van der Waals surface area contributed by atoms with Crippen LogP contribution in [-0.4, -0.2) is 39.7 Å². The van der Waals surface area contributed by atoms with Gasteiger partial charge in [0.05, 0.1) is 6.61 Å². The van der Waals surface area contributed by atoms with Crippen molar-refractivity contribution in [2.75, 3.05) is 12.4 Å². The highest BCUT2D eigenvalue weighted by molar-refractivity contribution is 7.80. The second kappa shape index (κ2) is 6.36. The fraction of sp³-hybridized carbons (Fsp3) is 0.364. The summed E-state index contributed by atoms with van der Waals surface area (Å²) in [6.45, 7) is 0.234. The number of benzene rings is 1. The predicted molar refractivity (Wildman–Crippen MR) is 68.4 cm³/mol. The Labute approximate surface area is 109 Å². The quantitative estimate of drug-likeness (QED) is 0.478. The number of aromatic hydroxyl groups is 2. The fourth-order valence-electron chi connectivity index (χ4n) is 1.41. The van der Waals surface area contributed by atoms with Gasteiger partial charge in [0.1, 0.15) is 6.04 Å². The normalized spacial score (nSPS) is 12.1. The van der Waals surface area contributed by atoms with Crippen molar-refractivity contribution in [2.24, 2.45) is 5.73 Å². The number of carbonyl (C=O) groups is 1. The van der Waals surface area contributed by atoms with E-state index in [0.717, 1.165) is 0 Å². The molecule has 1 aromatic rings. The molecule has 0 fully saturated rings. The minimum absolute atomic E-state index is 0.00328. The first kappa shape index (κ1) is 14.5. The van der Waals surface area contributed by atoms with E-state index in [2.05, 4.69) is 12.6 Å². The molecule has 0 amide bonds. The van der Waals surface area contributed by atoms with E-state index in [1.807, 2.05) is 0 Å². The summed E-state index contributed by atoms with van der Waals surface area (Å²) in [5, 5.41) is 28.0. The average Bonchev–Trinajstić information content (AvgIpc) is 2.27. The van der Waals surface area contributed by atoms with E-state index in [9.17, 15) is 15.0 Å². The van der Waals surface area contributed by atoms with E-state index >= 15 is 0 Å². The predicted octanol–water partition coefficient (Wildman–Crippen LogP) is 0.361. The Morgan fingerprint density at radius 3 is 2.39 bits per heavy atom. The summed E-state index contributed by atoms with van der Waals surface area (Å²) in [4.78, 5) is 10.6. The van der Waals surface area contributed by atoms with Gasteiger partial charge in [-0.15, -0.1) is 0 Å². The molecule has 0 aliphatic heterocycles. The van der Waals surface area contributed by atoms with Gasteiger partial charge in [-0.2, -0.15) is 12.6 Å². The van der Waals surface area contributed by atoms with Crippen molar-refractivity contribution < 1.29 is 24.9 Å². The van der Waals surface area contributed by atoms with Crippen LogP contribution in [-0.2, 0) is 11.2 Å². The number of aliphatic carboxylic acids is 1. The van der Waals surface area contributed by atoms with Crippen molar-refractivity contribution in [2.45, 2.75) is 12.5 Å². The Kier molecular flexibility index (Phi) is 5.11. The second-order valence-corrected chi connectivity index (χ2v) is 4.13. The van der Waals surface area contributed by atoms with Crippen LogP contribution < -0.4 is 10.5 Å². The molecule has 18 heavy (non-hydrogen) atoms. The number of carboxylic acids is 1. The third kappa shape index (κ3) is 3.71. The van der Waals surface area contributed by atoms with Crippen molar-refractivity contribution in [3.63, 3.8) is 0 Å². The largest absolute Gasteiger partial charge is 0.504 e. The maximum absolute atomic E-state index is 10.6. The summed E-state index contributed by atoms with van der Waals surface area (Å²) >= 11 is 3.94. The van der Waals surface area contributed by atoms with Crippen LogP contribution in [0.3, 0.4) is 0 Å². The van der Waals surface area contributed by atoms with E-state index in [-0.39, 0.29) is 30.3 Å². The Morgan fingerprint density at radius 2 is 1.94 bits per heavy atom. The van der Waals surface area contributed by atoms with Crippen LogP contribution in [0.5, 0.6) is 17.2 Å². The maximum atomic E-state index is 10.6. The first-order chi connectivity index (χ1) is 8.45. The number of rotatable bonds is 6. The van der Waals surface area contributed by atoms with Gasteiger partial charge in [-0.1, -0.05) is 0 Å². The molecule has 0 saturated carbocycles. The lowest BCUT2D eigenvalue weighted by atomic mass is 10.1. The highest BCUT2D eigenvalue weighted by atomic mass is 32.1. The van der Waals surface area contributed by atoms with Gasteiger partial charge in [0.2, 0.25) is 5.75 Å². The molecule has 0 spiro atoms. The molecule has 5 N–H and O–H groups in total. The van der Waals surface area contributed by atoms with Crippen molar-refractivity contribution in [3.8, 4) is 17.2 Å². The SMILES string of the molecule is NC(Cc1cc(O)c(OCCS)c(O)c1)C(=O)O. The number of hydrogen-bond donors (Lipinski definition) is 5. The Morgan fingerprint density at radius 1 is 1.39 bits per heavy atom. The molecule has 7 heteroatoms. The molecule has 0 radical (unpaired) electrons. The molecule has 0 aliphatic carbocycles. The van der Waals surface area contributed by atoms with E-state index < -0.39 is 12.0 Å². The summed E-state index contributed by atoms with van der Waals surface area (Å²) in [6.07, 6.45) is 0.00328. The smallest absolute Gasteiger partial charge is 0.320 e. The summed E-state index contributed by atoms with van der Waals surface area (Å²) in [6, 6.07) is 1.54. The second-order valence-electron chi connectivity index (χ2n) is 3.68. The first-order valence-corrected chi connectivity index (χ1v) is 5.85. The standard InChI is InChI=1S/C11H15NO5S/c12-7(11(15)16)3-6-4-8(13)10(9(14)5-6)17-1-2-18/h4-5,7,13-14,18H,1-3,12H2,(H,15,16). The molecule has 0 aliphatic rings. The van der Waals surface area contributed by atoms with Gasteiger partial charge in [0.15, 0.2) is 11.5 Å². The Bertz CT molecular complexity index is 414. The molecule has 1 atom stereocenters. The molecule has 0 aromatic heterocycles. The molecule has 100 valence electrons. The van der Waals surface area contributed by atoms with Crippen LogP contribution in [0.25, 0.3) is 0 Å². The minimum Gasteiger partial charge on any atom is -0.504 e. The topological polar surface area (TPSA) is 113 Å². The van der Waals surface area contributed by atoms with Crippen LogP contribution >= 0.6 is 12.6 Å². The van der Waals surface area contributed by atoms with Crippen LogP contribution in [0.1, 0.15) is 5.56 Å². The van der Waals surface area contributed by atoms with Gasteiger partial charge >= 0.3 is 5.97 Å². The van der Waals surface area contributed by atoms with Gasteiger partial charge in [-0.3, -0.25) is 4.79 Å². The Hall–Kier alpha value is -1.60. The molecule has 1 rings (SSSR count). The summed E-state index contributed by atoms with van der Waals surface area (Å²) in [7, 11) is 0. The van der Waals surface area contributed by atoms with Crippen molar-refractivity contribution >= 4 is 18.6 Å². The summed E-state index contributed by atoms with van der Waals surface area (Å²) in [5.74, 6) is -1.28. The molecule has 6 nitrogen and oxygen atoms in total. The average molecular weight is 273 g/mol. The molecular formula is C11H15NO5S. The molecule has 0 saturated heterocycles. The fourth-order valence-corrected chi connectivity index (χ4v) is 1.50. The number of phenols is 2. The van der Waals surface area contributed by atoms with Crippen LogP contribution in [0, 0.1) is 0 Å². The van der Waals surface area contributed by atoms with Crippen LogP contribution in [0.15, 0.2) is 12.1 Å². The minimum atomic E-state index is -1.15. The summed E-state index contributed by atoms with van der Waals surface area (Å²) in [5.41, 5.74) is 5.78. The lowest BCUT2D eigenvalue weighted by Crippen LogP contribution is -2.32. The highest BCUT2D eigenvalue weighted by Gasteiger charge is 2.16. The zero-order valence-corrected chi connectivity index (χ0v) is 10.4. The zero-order chi connectivity index (χ0) is 13.7.